The minimum absolute atomic E-state index is 0.118. The van der Waals surface area contributed by atoms with Crippen LogP contribution in [0.2, 0.25) is 0 Å². The minimum atomic E-state index is -1.29. The third kappa shape index (κ3) is 1.89. The fourth-order valence-electron chi connectivity index (χ4n) is 1.91. The van der Waals surface area contributed by atoms with Crippen LogP contribution in [-0.2, 0) is 16.0 Å². The van der Waals surface area contributed by atoms with Gasteiger partial charge in [-0.2, -0.15) is 5.06 Å². The second-order valence-corrected chi connectivity index (χ2v) is 4.12. The van der Waals surface area contributed by atoms with Gasteiger partial charge in [-0.3, -0.25) is 10.0 Å². The molecule has 1 unspecified atom stereocenters. The number of carbonyl (C=O) groups excluding carboxylic acids is 2. The predicted molar refractivity (Wildman–Crippen MR) is 58.5 cm³/mol. The zero-order valence-electron chi connectivity index (χ0n) is 9.42. The molecule has 0 radical (unpaired) electrons. The Morgan fingerprint density at radius 3 is 2.59 bits per heavy atom. The van der Waals surface area contributed by atoms with E-state index in [0.717, 1.165) is 5.56 Å². The quantitative estimate of drug-likeness (QED) is 0.804. The number of cyclic esters (lactones) is 1. The number of carbonyl (C=O) groups is 2. The van der Waals surface area contributed by atoms with Crippen molar-refractivity contribution >= 4 is 11.9 Å². The van der Waals surface area contributed by atoms with E-state index < -0.39 is 11.6 Å². The summed E-state index contributed by atoms with van der Waals surface area (Å²) in [5.41, 5.74) is -0.432. The number of nitrogens with zero attached hydrogens (tertiary/aromatic N) is 1. The van der Waals surface area contributed by atoms with Crippen LogP contribution < -0.4 is 0 Å². The average molecular weight is 235 g/mol. The number of amides is 1. The molecule has 1 aromatic rings. The van der Waals surface area contributed by atoms with E-state index in [9.17, 15) is 14.8 Å². The maximum absolute atomic E-state index is 11.7. The smallest absolute Gasteiger partial charge is 0.434 e. The average Bonchev–Trinajstić information content (AvgIpc) is 2.60. The first-order valence-electron chi connectivity index (χ1n) is 5.27. The van der Waals surface area contributed by atoms with Crippen LogP contribution in [0.5, 0.6) is 0 Å². The summed E-state index contributed by atoms with van der Waals surface area (Å²) in [6.07, 6.45) is -0.637. The molecule has 1 N–H and O–H groups in total. The van der Waals surface area contributed by atoms with E-state index in [4.69, 9.17) is 4.74 Å². The number of hydroxylamine groups is 2. The standard InChI is InChI=1S/C12H13NO4/c1-9(14)12(8-17-11(15)13(12)16)7-10-5-3-2-4-6-10/h2-6,16H,7-8H2,1H3. The van der Waals surface area contributed by atoms with Crippen LogP contribution in [0.3, 0.4) is 0 Å². The van der Waals surface area contributed by atoms with E-state index in [-0.39, 0.29) is 18.8 Å². The fourth-order valence-corrected chi connectivity index (χ4v) is 1.91. The highest BCUT2D eigenvalue weighted by molar-refractivity contribution is 5.91. The van der Waals surface area contributed by atoms with Gasteiger partial charge in [-0.05, 0) is 12.5 Å². The van der Waals surface area contributed by atoms with Crippen molar-refractivity contribution in [2.24, 2.45) is 0 Å². The lowest BCUT2D eigenvalue weighted by atomic mass is 9.88. The maximum Gasteiger partial charge on any atom is 0.434 e. The molecule has 0 bridgehead atoms. The molecular weight excluding hydrogens is 222 g/mol. The first-order valence-corrected chi connectivity index (χ1v) is 5.27. The zero-order chi connectivity index (χ0) is 12.5. The van der Waals surface area contributed by atoms with Crippen LogP contribution in [0.25, 0.3) is 0 Å². The van der Waals surface area contributed by atoms with Crippen molar-refractivity contribution in [1.29, 1.82) is 0 Å². The van der Waals surface area contributed by atoms with Crippen LogP contribution in [0.1, 0.15) is 12.5 Å². The normalized spacial score (nSPS) is 23.6. The summed E-state index contributed by atoms with van der Waals surface area (Å²) in [6, 6.07) is 9.20. The van der Waals surface area contributed by atoms with Crippen molar-refractivity contribution in [2.75, 3.05) is 6.61 Å². The highest BCUT2D eigenvalue weighted by Gasteiger charge is 2.51. The van der Waals surface area contributed by atoms with Crippen LogP contribution in [0.15, 0.2) is 30.3 Å². The molecule has 0 spiro atoms. The van der Waals surface area contributed by atoms with Crippen molar-refractivity contribution in [3.8, 4) is 0 Å². The topological polar surface area (TPSA) is 66.8 Å². The lowest BCUT2D eigenvalue weighted by molar-refractivity contribution is -0.147. The molecule has 1 aliphatic heterocycles. The molecule has 1 fully saturated rings. The molecule has 5 nitrogen and oxygen atoms in total. The van der Waals surface area contributed by atoms with Gasteiger partial charge in [0.15, 0.2) is 11.3 Å². The Morgan fingerprint density at radius 2 is 2.12 bits per heavy atom. The number of hydrogen-bond acceptors (Lipinski definition) is 4. The second-order valence-electron chi connectivity index (χ2n) is 4.12. The molecule has 1 saturated heterocycles. The molecule has 17 heavy (non-hydrogen) atoms. The molecular formula is C12H13NO4. The summed E-state index contributed by atoms with van der Waals surface area (Å²) in [4.78, 5) is 22.9. The van der Waals surface area contributed by atoms with Gasteiger partial charge in [-0.15, -0.1) is 0 Å². The van der Waals surface area contributed by atoms with Crippen molar-refractivity contribution in [3.05, 3.63) is 35.9 Å². The van der Waals surface area contributed by atoms with Gasteiger partial charge in [-0.25, -0.2) is 4.79 Å². The van der Waals surface area contributed by atoms with Gasteiger partial charge in [0.1, 0.15) is 6.61 Å². The molecule has 0 saturated carbocycles. The third-order valence-corrected chi connectivity index (χ3v) is 3.01. The van der Waals surface area contributed by atoms with Crippen LogP contribution in [0.4, 0.5) is 4.79 Å². The van der Waals surface area contributed by atoms with Gasteiger partial charge in [0.25, 0.3) is 0 Å². The molecule has 1 amide bonds. The summed E-state index contributed by atoms with van der Waals surface area (Å²) in [6.45, 7) is 1.22. The van der Waals surface area contributed by atoms with E-state index in [1.54, 1.807) is 0 Å². The summed E-state index contributed by atoms with van der Waals surface area (Å²) < 4.78 is 4.73. The molecule has 0 aromatic heterocycles. The maximum atomic E-state index is 11.7. The summed E-state index contributed by atoms with van der Waals surface area (Å²) >= 11 is 0. The number of hydrogen-bond donors (Lipinski definition) is 1. The van der Waals surface area contributed by atoms with Crippen LogP contribution in [-0.4, -0.2) is 34.3 Å². The Hall–Kier alpha value is -1.88. The molecule has 1 aromatic carbocycles. The van der Waals surface area contributed by atoms with Crippen molar-refractivity contribution < 1.29 is 19.5 Å². The van der Waals surface area contributed by atoms with Crippen molar-refractivity contribution in [1.82, 2.24) is 5.06 Å². The van der Waals surface area contributed by atoms with Crippen molar-refractivity contribution in [3.63, 3.8) is 0 Å². The lowest BCUT2D eigenvalue weighted by Gasteiger charge is -2.28. The van der Waals surface area contributed by atoms with E-state index in [1.165, 1.54) is 6.92 Å². The highest BCUT2D eigenvalue weighted by atomic mass is 16.7. The molecule has 0 aliphatic carbocycles. The van der Waals surface area contributed by atoms with E-state index in [2.05, 4.69) is 0 Å². The second kappa shape index (κ2) is 4.18. The van der Waals surface area contributed by atoms with Crippen LogP contribution in [0, 0.1) is 0 Å². The van der Waals surface area contributed by atoms with Crippen molar-refractivity contribution in [2.45, 2.75) is 18.9 Å². The minimum Gasteiger partial charge on any atom is -0.445 e. The Bertz CT molecular complexity index is 445. The van der Waals surface area contributed by atoms with Gasteiger partial charge < -0.3 is 4.74 Å². The number of Topliss-reactive ketones (excluding diaryl/α,β-unsaturated/α-hetero) is 1. The molecule has 2 rings (SSSR count). The van der Waals surface area contributed by atoms with Gasteiger partial charge in [-0.1, -0.05) is 30.3 Å². The van der Waals surface area contributed by atoms with E-state index in [0.29, 0.717) is 5.06 Å². The number of ketones is 1. The Labute approximate surface area is 98.6 Å². The summed E-state index contributed by atoms with van der Waals surface area (Å²) in [5, 5.41) is 10.1. The predicted octanol–water partition coefficient (Wildman–Crippen LogP) is 1.40. The molecule has 1 heterocycles. The van der Waals surface area contributed by atoms with E-state index in [1.807, 2.05) is 30.3 Å². The Morgan fingerprint density at radius 1 is 1.47 bits per heavy atom. The zero-order valence-corrected chi connectivity index (χ0v) is 9.42. The molecule has 90 valence electrons. The van der Waals surface area contributed by atoms with Gasteiger partial charge >= 0.3 is 6.09 Å². The third-order valence-electron chi connectivity index (χ3n) is 3.01. The number of ether oxygens (including phenoxy) is 1. The number of benzene rings is 1. The molecule has 1 atom stereocenters. The first-order chi connectivity index (χ1) is 8.06. The summed E-state index contributed by atoms with van der Waals surface area (Å²) in [5.74, 6) is -0.297. The van der Waals surface area contributed by atoms with Gasteiger partial charge in [0, 0.05) is 6.42 Å². The van der Waals surface area contributed by atoms with Gasteiger partial charge in [0.2, 0.25) is 0 Å². The first kappa shape index (κ1) is 11.6. The Kier molecular flexibility index (Phi) is 2.85. The van der Waals surface area contributed by atoms with E-state index >= 15 is 0 Å². The SMILES string of the molecule is CC(=O)C1(Cc2ccccc2)COC(=O)N1O. The number of rotatable bonds is 3. The monoisotopic (exact) mass is 235 g/mol. The fraction of sp³-hybridized carbons (Fsp3) is 0.333. The largest absolute Gasteiger partial charge is 0.445 e. The van der Waals surface area contributed by atoms with Gasteiger partial charge in [0.05, 0.1) is 0 Å². The lowest BCUT2D eigenvalue weighted by Crippen LogP contribution is -2.52. The molecule has 5 heteroatoms. The summed E-state index contributed by atoms with van der Waals surface area (Å²) in [7, 11) is 0. The molecule has 1 aliphatic rings. The van der Waals surface area contributed by atoms with Crippen LogP contribution >= 0.6 is 0 Å². The highest BCUT2D eigenvalue weighted by Crippen LogP contribution is 2.27. The Balaban J connectivity index is 2.31.